The average molecular weight is 496 g/mol. The smallest absolute Gasteiger partial charge is 0.194 e. The number of benzene rings is 1. The topological polar surface area (TPSA) is 78.4 Å². The van der Waals surface area contributed by atoms with Crippen molar-refractivity contribution in [1.29, 1.82) is 0 Å². The molecule has 1 saturated heterocycles. The van der Waals surface area contributed by atoms with E-state index < -0.39 is 0 Å². The van der Waals surface area contributed by atoms with Gasteiger partial charge in [-0.05, 0) is 25.8 Å². The summed E-state index contributed by atoms with van der Waals surface area (Å²) < 4.78 is 5.74. The van der Waals surface area contributed by atoms with Crippen molar-refractivity contribution in [3.8, 4) is 5.75 Å². The number of likely N-dealkylation sites (tertiary alicyclic amines) is 1. The Balaban J connectivity index is 0.00000280. The predicted molar refractivity (Wildman–Crippen MR) is 122 cm³/mol. The summed E-state index contributed by atoms with van der Waals surface area (Å²) in [7, 11) is 0. The van der Waals surface area contributed by atoms with Crippen molar-refractivity contribution in [3.63, 3.8) is 0 Å². The highest BCUT2D eigenvalue weighted by molar-refractivity contribution is 14.0. The summed E-state index contributed by atoms with van der Waals surface area (Å²) in [6.07, 6.45) is 5.42. The van der Waals surface area contributed by atoms with Gasteiger partial charge >= 0.3 is 0 Å². The largest absolute Gasteiger partial charge is 0.489 e. The first-order chi connectivity index (χ1) is 13.3. The third-order valence-electron chi connectivity index (χ3n) is 4.68. The molecule has 0 amide bonds. The Hall–Kier alpha value is -2.10. The molecule has 0 unspecified atom stereocenters. The number of rotatable bonds is 7. The number of piperidine rings is 1. The van der Waals surface area contributed by atoms with Crippen molar-refractivity contribution in [2.75, 3.05) is 26.2 Å². The molecule has 1 aromatic heterocycles. The van der Waals surface area contributed by atoms with E-state index in [4.69, 9.17) is 9.73 Å². The quantitative estimate of drug-likeness (QED) is 0.266. The van der Waals surface area contributed by atoms with Crippen LogP contribution in [-0.2, 0) is 6.54 Å². The fourth-order valence-corrected chi connectivity index (χ4v) is 3.29. The van der Waals surface area contributed by atoms with E-state index in [0.717, 1.165) is 55.6 Å². The van der Waals surface area contributed by atoms with Crippen LogP contribution in [0.4, 0.5) is 0 Å². The van der Waals surface area contributed by atoms with Crippen LogP contribution in [0.3, 0.4) is 0 Å². The number of hydrogen-bond donors (Lipinski definition) is 2. The third kappa shape index (κ3) is 5.95. The van der Waals surface area contributed by atoms with E-state index in [9.17, 15) is 0 Å². The van der Waals surface area contributed by atoms with Crippen molar-refractivity contribution in [2.24, 2.45) is 4.99 Å². The third-order valence-corrected chi connectivity index (χ3v) is 4.68. The lowest BCUT2D eigenvalue weighted by Gasteiger charge is -2.33. The molecule has 0 saturated carbocycles. The Morgan fingerprint density at radius 1 is 1.39 bits per heavy atom. The molecule has 0 radical (unpaired) electrons. The first-order valence-corrected chi connectivity index (χ1v) is 9.52. The van der Waals surface area contributed by atoms with Crippen LogP contribution in [-0.4, -0.2) is 52.3 Å². The van der Waals surface area contributed by atoms with Gasteiger partial charge in [-0.25, -0.2) is 9.98 Å². The van der Waals surface area contributed by atoms with Gasteiger partial charge in [0, 0.05) is 31.1 Å². The van der Waals surface area contributed by atoms with Gasteiger partial charge in [-0.15, -0.1) is 24.0 Å². The molecule has 1 aromatic carbocycles. The average Bonchev–Trinajstić information content (AvgIpc) is 3.25. The van der Waals surface area contributed by atoms with Crippen molar-refractivity contribution in [1.82, 2.24) is 25.4 Å². The highest BCUT2D eigenvalue weighted by atomic mass is 127. The van der Waals surface area contributed by atoms with Gasteiger partial charge in [-0.2, -0.15) is 5.10 Å². The summed E-state index contributed by atoms with van der Waals surface area (Å²) in [4.78, 5) is 11.5. The van der Waals surface area contributed by atoms with Gasteiger partial charge < -0.3 is 15.0 Å². The van der Waals surface area contributed by atoms with E-state index in [2.05, 4.69) is 45.0 Å². The summed E-state index contributed by atoms with van der Waals surface area (Å²) in [5.41, 5.74) is 1.08. The Labute approximate surface area is 183 Å². The Morgan fingerprint density at radius 3 is 2.86 bits per heavy atom. The second kappa shape index (κ2) is 11.7. The van der Waals surface area contributed by atoms with E-state index in [0.29, 0.717) is 19.1 Å². The summed E-state index contributed by atoms with van der Waals surface area (Å²) in [5, 5.41) is 10.4. The van der Waals surface area contributed by atoms with Gasteiger partial charge in [0.25, 0.3) is 0 Å². The van der Waals surface area contributed by atoms with Crippen molar-refractivity contribution in [3.05, 3.63) is 54.6 Å². The van der Waals surface area contributed by atoms with Gasteiger partial charge in [0.05, 0.1) is 6.54 Å². The van der Waals surface area contributed by atoms with Crippen molar-refractivity contribution in [2.45, 2.75) is 32.2 Å². The van der Waals surface area contributed by atoms with Gasteiger partial charge in [0.2, 0.25) is 0 Å². The van der Waals surface area contributed by atoms with Gasteiger partial charge in [-0.3, -0.25) is 5.10 Å². The summed E-state index contributed by atoms with van der Waals surface area (Å²) in [6.45, 7) is 9.63. The summed E-state index contributed by atoms with van der Waals surface area (Å²) in [5.74, 6) is 3.25. The number of para-hydroxylation sites is 1. The Kier molecular flexibility index (Phi) is 9.26. The lowest BCUT2D eigenvalue weighted by molar-refractivity contribution is 0.298. The van der Waals surface area contributed by atoms with Crippen LogP contribution in [0.25, 0.3) is 0 Å². The van der Waals surface area contributed by atoms with Crippen molar-refractivity contribution < 1.29 is 4.74 Å². The Bertz CT molecular complexity index is 741. The minimum Gasteiger partial charge on any atom is -0.489 e. The fraction of sp³-hybridized carbons (Fsp3) is 0.450. The van der Waals surface area contributed by atoms with Gasteiger partial charge in [0.1, 0.15) is 24.5 Å². The standard InChI is InChI=1S/C20H28N6O.HI/c1-3-13-27-18-8-6-5-7-17(18)14-22-20(21-4-2)26-11-9-16(10-12-26)19-23-15-24-25-19;/h3,5-8,15-16H,1,4,9-14H2,2H3,(H,21,22)(H,23,24,25);1H. The zero-order valence-corrected chi connectivity index (χ0v) is 18.6. The maximum atomic E-state index is 5.74. The second-order valence-electron chi connectivity index (χ2n) is 6.51. The number of aliphatic imine (C=N–C) groups is 1. The molecule has 28 heavy (non-hydrogen) atoms. The van der Waals surface area contributed by atoms with Crippen LogP contribution >= 0.6 is 24.0 Å². The molecule has 7 nitrogen and oxygen atoms in total. The first kappa shape index (κ1) is 22.2. The summed E-state index contributed by atoms with van der Waals surface area (Å²) in [6, 6.07) is 8.03. The molecule has 1 aliphatic rings. The minimum absolute atomic E-state index is 0. The number of nitrogens with one attached hydrogen (secondary N) is 2. The maximum absolute atomic E-state index is 5.74. The van der Waals surface area contributed by atoms with E-state index in [1.165, 1.54) is 0 Å². The SMILES string of the molecule is C=CCOc1ccccc1CN=C(NCC)N1CCC(c2ncn[nH]2)CC1.I. The van der Waals surface area contributed by atoms with Crippen LogP contribution in [0.2, 0.25) is 0 Å². The first-order valence-electron chi connectivity index (χ1n) is 9.52. The molecule has 152 valence electrons. The monoisotopic (exact) mass is 496 g/mol. The lowest BCUT2D eigenvalue weighted by atomic mass is 9.96. The van der Waals surface area contributed by atoms with Crippen LogP contribution in [0.1, 0.15) is 37.1 Å². The van der Waals surface area contributed by atoms with Crippen LogP contribution in [0.5, 0.6) is 5.75 Å². The van der Waals surface area contributed by atoms with Crippen LogP contribution in [0.15, 0.2) is 48.2 Å². The zero-order valence-electron chi connectivity index (χ0n) is 16.3. The summed E-state index contributed by atoms with van der Waals surface area (Å²) >= 11 is 0. The van der Waals surface area contributed by atoms with Gasteiger partial charge in [-0.1, -0.05) is 30.9 Å². The minimum atomic E-state index is 0. The number of aromatic amines is 1. The molecular formula is C20H29IN6O. The van der Waals surface area contributed by atoms with E-state index in [1.54, 1.807) is 12.4 Å². The number of ether oxygens (including phenoxy) is 1. The van der Waals surface area contributed by atoms with Crippen molar-refractivity contribution >= 4 is 29.9 Å². The number of nitrogens with zero attached hydrogens (tertiary/aromatic N) is 4. The van der Waals surface area contributed by atoms with Crippen LogP contribution < -0.4 is 10.1 Å². The molecule has 3 rings (SSSR count). The molecule has 2 heterocycles. The fourth-order valence-electron chi connectivity index (χ4n) is 3.29. The van der Waals surface area contributed by atoms with Gasteiger partial charge in [0.15, 0.2) is 5.96 Å². The van der Waals surface area contributed by atoms with E-state index >= 15 is 0 Å². The zero-order chi connectivity index (χ0) is 18.9. The molecule has 2 aromatic rings. The number of aromatic nitrogens is 3. The molecular weight excluding hydrogens is 467 g/mol. The molecule has 0 aliphatic carbocycles. The lowest BCUT2D eigenvalue weighted by Crippen LogP contribution is -2.45. The maximum Gasteiger partial charge on any atom is 0.194 e. The second-order valence-corrected chi connectivity index (χ2v) is 6.51. The highest BCUT2D eigenvalue weighted by Crippen LogP contribution is 2.25. The van der Waals surface area contributed by atoms with Crippen LogP contribution in [0, 0.1) is 0 Å². The molecule has 1 fully saturated rings. The van der Waals surface area contributed by atoms with E-state index in [-0.39, 0.29) is 24.0 Å². The number of guanidine groups is 1. The normalized spacial score (nSPS) is 15.0. The number of halogens is 1. The molecule has 0 atom stereocenters. The highest BCUT2D eigenvalue weighted by Gasteiger charge is 2.24. The predicted octanol–water partition coefficient (Wildman–Crippen LogP) is 3.33. The number of H-pyrrole nitrogens is 1. The van der Waals surface area contributed by atoms with E-state index in [1.807, 2.05) is 18.2 Å². The molecule has 0 bridgehead atoms. The molecule has 2 N–H and O–H groups in total. The Morgan fingerprint density at radius 2 is 2.18 bits per heavy atom. The molecule has 0 spiro atoms. The number of hydrogen-bond acceptors (Lipinski definition) is 4. The molecule has 8 heteroatoms. The molecule has 1 aliphatic heterocycles.